The fraction of sp³-hybridized carbons (Fsp3) is 0.240. The lowest BCUT2D eigenvalue weighted by molar-refractivity contribution is -0.137. The molecule has 1 atom stereocenters. The minimum atomic E-state index is -4.51. The van der Waals surface area contributed by atoms with Crippen LogP contribution in [0.4, 0.5) is 13.2 Å². The zero-order valence-electron chi connectivity index (χ0n) is 17.9. The third-order valence-electron chi connectivity index (χ3n) is 5.74. The molecule has 8 heteroatoms. The van der Waals surface area contributed by atoms with Crippen molar-refractivity contribution >= 4 is 17.5 Å². The molecule has 1 amide bonds. The lowest BCUT2D eigenvalue weighted by Gasteiger charge is -2.38. The van der Waals surface area contributed by atoms with Gasteiger partial charge in [-0.25, -0.2) is 0 Å². The van der Waals surface area contributed by atoms with Crippen molar-refractivity contribution in [3.8, 4) is 11.5 Å². The fourth-order valence-corrected chi connectivity index (χ4v) is 4.39. The van der Waals surface area contributed by atoms with Gasteiger partial charge >= 0.3 is 6.18 Å². The smallest absolute Gasteiger partial charge is 0.416 e. The Hall–Kier alpha value is -3.19. The Labute approximate surface area is 194 Å². The second-order valence-corrected chi connectivity index (χ2v) is 8.13. The van der Waals surface area contributed by atoms with Crippen molar-refractivity contribution in [1.29, 1.82) is 0 Å². The van der Waals surface area contributed by atoms with Gasteiger partial charge in [0.25, 0.3) is 5.91 Å². The first-order chi connectivity index (χ1) is 15.7. The Morgan fingerprint density at radius 2 is 1.70 bits per heavy atom. The summed E-state index contributed by atoms with van der Waals surface area (Å²) in [5.74, 6) is 0.638. The predicted octanol–water partition coefficient (Wildman–Crippen LogP) is 6.16. The number of fused-ring (bicyclic) bond motifs is 1. The van der Waals surface area contributed by atoms with E-state index < -0.39 is 17.8 Å². The standard InChI is InChI=1S/C25H21ClF3NO3/c1-32-21-13-15-9-10-30(24(31)17-6-4-8-19(26)12-17)23(20(15)14-22(21)33-2)16-5-3-7-18(11-16)25(27,28)29/h3-8,11-14,23H,9-10H2,1-2H3/t23-/m1/s1. The Morgan fingerprint density at radius 1 is 1.00 bits per heavy atom. The summed E-state index contributed by atoms with van der Waals surface area (Å²) in [6.45, 7) is 0.314. The number of amides is 1. The number of ether oxygens (including phenoxy) is 2. The minimum Gasteiger partial charge on any atom is -0.493 e. The van der Waals surface area contributed by atoms with Gasteiger partial charge in [-0.2, -0.15) is 13.2 Å². The first-order valence-corrected chi connectivity index (χ1v) is 10.6. The van der Waals surface area contributed by atoms with Crippen LogP contribution in [0.5, 0.6) is 11.5 Å². The molecule has 0 N–H and O–H groups in total. The lowest BCUT2D eigenvalue weighted by Crippen LogP contribution is -2.40. The second kappa shape index (κ2) is 8.98. The molecular formula is C25H21ClF3NO3. The van der Waals surface area contributed by atoms with Crippen LogP contribution in [0.2, 0.25) is 5.02 Å². The Bertz CT molecular complexity index is 1200. The molecule has 0 bridgehead atoms. The highest BCUT2D eigenvalue weighted by Crippen LogP contribution is 2.42. The molecule has 0 fully saturated rings. The van der Waals surface area contributed by atoms with E-state index in [1.807, 2.05) is 6.07 Å². The van der Waals surface area contributed by atoms with E-state index in [1.165, 1.54) is 20.3 Å². The quantitative estimate of drug-likeness (QED) is 0.453. The van der Waals surface area contributed by atoms with Crippen LogP contribution >= 0.6 is 11.6 Å². The highest BCUT2D eigenvalue weighted by atomic mass is 35.5. The molecule has 0 aromatic heterocycles. The van der Waals surface area contributed by atoms with Gasteiger partial charge in [0.15, 0.2) is 11.5 Å². The summed E-state index contributed by atoms with van der Waals surface area (Å²) in [6, 6.07) is 14.4. The first kappa shape index (κ1) is 23.0. The number of hydrogen-bond acceptors (Lipinski definition) is 3. The number of methoxy groups -OCH3 is 2. The number of halogens is 4. The third-order valence-corrected chi connectivity index (χ3v) is 5.97. The minimum absolute atomic E-state index is 0.314. The molecule has 0 unspecified atom stereocenters. The van der Waals surface area contributed by atoms with Gasteiger partial charge in [0.1, 0.15) is 0 Å². The van der Waals surface area contributed by atoms with E-state index in [0.717, 1.165) is 17.7 Å². The monoisotopic (exact) mass is 475 g/mol. The van der Waals surface area contributed by atoms with Crippen molar-refractivity contribution < 1.29 is 27.4 Å². The third kappa shape index (κ3) is 4.50. The maximum atomic E-state index is 13.5. The topological polar surface area (TPSA) is 38.8 Å². The van der Waals surface area contributed by atoms with Crippen molar-refractivity contribution in [3.63, 3.8) is 0 Å². The SMILES string of the molecule is COc1cc2c(cc1OC)[C@@H](c1cccc(C(F)(F)F)c1)N(C(=O)c1cccc(Cl)c1)CC2. The van der Waals surface area contributed by atoms with Gasteiger partial charge in [0, 0.05) is 17.1 Å². The molecular weight excluding hydrogens is 455 g/mol. The van der Waals surface area contributed by atoms with E-state index in [1.54, 1.807) is 41.3 Å². The fourth-order valence-electron chi connectivity index (χ4n) is 4.20. The van der Waals surface area contributed by atoms with Gasteiger partial charge in [-0.1, -0.05) is 29.8 Å². The summed E-state index contributed by atoms with van der Waals surface area (Å²) < 4.78 is 51.3. The molecule has 33 heavy (non-hydrogen) atoms. The number of nitrogens with zero attached hydrogens (tertiary/aromatic N) is 1. The summed E-state index contributed by atoms with van der Waals surface area (Å²) in [4.78, 5) is 15.1. The van der Waals surface area contributed by atoms with Crippen LogP contribution in [0.15, 0.2) is 60.7 Å². The molecule has 1 aliphatic rings. The van der Waals surface area contributed by atoms with Gasteiger partial charge in [0.05, 0.1) is 25.8 Å². The van der Waals surface area contributed by atoms with Crippen molar-refractivity contribution in [2.24, 2.45) is 0 Å². The molecule has 1 aliphatic heterocycles. The predicted molar refractivity (Wildman–Crippen MR) is 119 cm³/mol. The number of benzene rings is 3. The van der Waals surface area contributed by atoms with Crippen molar-refractivity contribution in [1.82, 2.24) is 4.90 Å². The van der Waals surface area contributed by atoms with Crippen LogP contribution in [0.3, 0.4) is 0 Å². The van der Waals surface area contributed by atoms with Crippen LogP contribution in [-0.2, 0) is 12.6 Å². The number of hydrogen-bond donors (Lipinski definition) is 0. The summed E-state index contributed by atoms with van der Waals surface area (Å²) in [5.41, 5.74) is 1.51. The highest BCUT2D eigenvalue weighted by molar-refractivity contribution is 6.30. The summed E-state index contributed by atoms with van der Waals surface area (Å²) in [6.07, 6.45) is -4.00. The molecule has 1 heterocycles. The molecule has 3 aromatic carbocycles. The van der Waals surface area contributed by atoms with Gasteiger partial charge in [-0.15, -0.1) is 0 Å². The van der Waals surface area contributed by atoms with Crippen LogP contribution in [0, 0.1) is 0 Å². The largest absolute Gasteiger partial charge is 0.493 e. The van der Waals surface area contributed by atoms with Crippen molar-refractivity contribution in [2.75, 3.05) is 20.8 Å². The maximum absolute atomic E-state index is 13.5. The van der Waals surface area contributed by atoms with Crippen molar-refractivity contribution in [2.45, 2.75) is 18.6 Å². The van der Waals surface area contributed by atoms with Crippen LogP contribution in [0.1, 0.15) is 38.7 Å². The average molecular weight is 476 g/mol. The van der Waals surface area contributed by atoms with Crippen molar-refractivity contribution in [3.05, 3.63) is 93.5 Å². The maximum Gasteiger partial charge on any atom is 0.416 e. The molecule has 0 saturated carbocycles. The summed E-state index contributed by atoms with van der Waals surface area (Å²) >= 11 is 6.08. The van der Waals surface area contributed by atoms with E-state index in [4.69, 9.17) is 21.1 Å². The molecule has 0 aliphatic carbocycles. The van der Waals surface area contributed by atoms with Crippen LogP contribution in [-0.4, -0.2) is 31.6 Å². The average Bonchev–Trinajstić information content (AvgIpc) is 2.81. The van der Waals surface area contributed by atoms with Gasteiger partial charge < -0.3 is 14.4 Å². The first-order valence-electron chi connectivity index (χ1n) is 10.2. The molecule has 0 radical (unpaired) electrons. The van der Waals surface area contributed by atoms with E-state index in [0.29, 0.717) is 46.2 Å². The number of rotatable bonds is 4. The second-order valence-electron chi connectivity index (χ2n) is 7.69. The summed E-state index contributed by atoms with van der Waals surface area (Å²) in [5, 5.41) is 0.403. The van der Waals surface area contributed by atoms with Crippen LogP contribution < -0.4 is 9.47 Å². The Kier molecular flexibility index (Phi) is 6.26. The molecule has 3 aromatic rings. The zero-order valence-corrected chi connectivity index (χ0v) is 18.7. The molecule has 0 saturated heterocycles. The van der Waals surface area contributed by atoms with E-state index in [9.17, 15) is 18.0 Å². The van der Waals surface area contributed by atoms with Gasteiger partial charge in [-0.05, 0) is 65.6 Å². The zero-order chi connectivity index (χ0) is 23.8. The number of carbonyl (C=O) groups is 1. The molecule has 4 rings (SSSR count). The van der Waals surface area contributed by atoms with E-state index in [2.05, 4.69) is 0 Å². The van der Waals surface area contributed by atoms with E-state index in [-0.39, 0.29) is 5.91 Å². The number of carbonyl (C=O) groups excluding carboxylic acids is 1. The molecule has 172 valence electrons. The van der Waals surface area contributed by atoms with E-state index >= 15 is 0 Å². The summed E-state index contributed by atoms with van der Waals surface area (Å²) in [7, 11) is 3.01. The Balaban J connectivity index is 1.89. The highest BCUT2D eigenvalue weighted by Gasteiger charge is 2.36. The normalized spacial score (nSPS) is 15.7. The number of alkyl halides is 3. The molecule has 4 nitrogen and oxygen atoms in total. The van der Waals surface area contributed by atoms with Gasteiger partial charge in [0.2, 0.25) is 0 Å². The van der Waals surface area contributed by atoms with Crippen LogP contribution in [0.25, 0.3) is 0 Å². The lowest BCUT2D eigenvalue weighted by atomic mass is 9.86. The Morgan fingerprint density at radius 3 is 2.36 bits per heavy atom. The van der Waals surface area contributed by atoms with Gasteiger partial charge in [-0.3, -0.25) is 4.79 Å². The molecule has 0 spiro atoms.